The van der Waals surface area contributed by atoms with E-state index in [9.17, 15) is 4.79 Å². The molecular formula is C13H15N3OS. The minimum atomic E-state index is -0.0764. The molecule has 5 heteroatoms. The van der Waals surface area contributed by atoms with E-state index in [0.717, 1.165) is 5.56 Å². The average molecular weight is 261 g/mol. The summed E-state index contributed by atoms with van der Waals surface area (Å²) >= 11 is 1.31. The van der Waals surface area contributed by atoms with Crippen molar-refractivity contribution < 1.29 is 4.79 Å². The number of carbonyl (C=O) groups is 1. The monoisotopic (exact) mass is 261 g/mol. The first-order valence-electron chi connectivity index (χ1n) is 5.66. The van der Waals surface area contributed by atoms with Crippen LogP contribution in [0.15, 0.2) is 35.8 Å². The minimum absolute atomic E-state index is 0.0764. The second kappa shape index (κ2) is 5.64. The second-order valence-electron chi connectivity index (χ2n) is 4.10. The molecular weight excluding hydrogens is 246 g/mol. The molecule has 1 amide bonds. The number of rotatable bonds is 4. The fraction of sp³-hybridized carbons (Fsp3) is 0.231. The van der Waals surface area contributed by atoms with Crippen molar-refractivity contribution >= 4 is 17.2 Å². The van der Waals surface area contributed by atoms with Crippen LogP contribution in [0.2, 0.25) is 0 Å². The lowest BCUT2D eigenvalue weighted by Crippen LogP contribution is -2.29. The van der Waals surface area contributed by atoms with Crippen LogP contribution in [0, 0.1) is 12.3 Å². The van der Waals surface area contributed by atoms with Gasteiger partial charge >= 0.3 is 0 Å². The number of hydrogen-bond donors (Lipinski definition) is 2. The Bertz CT molecular complexity index is 583. The highest BCUT2D eigenvalue weighted by molar-refractivity contribution is 7.06. The summed E-state index contributed by atoms with van der Waals surface area (Å²) in [6.45, 7) is 2.76. The number of amides is 1. The number of thiazole rings is 1. The number of aryl methyl sites for hydroxylation is 1. The van der Waals surface area contributed by atoms with Gasteiger partial charge in [0, 0.05) is 18.1 Å². The molecule has 0 aliphatic carbocycles. The van der Waals surface area contributed by atoms with Gasteiger partial charge in [0.05, 0.1) is 0 Å². The smallest absolute Gasteiger partial charge is 0.240 e. The highest BCUT2D eigenvalue weighted by Crippen LogP contribution is 2.02. The van der Waals surface area contributed by atoms with E-state index >= 15 is 0 Å². The van der Waals surface area contributed by atoms with Crippen LogP contribution in [0.3, 0.4) is 0 Å². The van der Waals surface area contributed by atoms with Crippen LogP contribution in [0.5, 0.6) is 0 Å². The molecule has 94 valence electrons. The van der Waals surface area contributed by atoms with Crippen LogP contribution in [-0.2, 0) is 17.9 Å². The van der Waals surface area contributed by atoms with Gasteiger partial charge in [0.1, 0.15) is 6.54 Å². The molecule has 0 spiro atoms. The fourth-order valence-electron chi connectivity index (χ4n) is 1.55. The predicted octanol–water partition coefficient (Wildman–Crippen LogP) is 1.65. The van der Waals surface area contributed by atoms with Crippen LogP contribution in [0.4, 0.5) is 0 Å². The van der Waals surface area contributed by atoms with E-state index in [-0.39, 0.29) is 12.5 Å². The van der Waals surface area contributed by atoms with Gasteiger partial charge in [-0.15, -0.1) is 11.3 Å². The number of nitrogens with zero attached hydrogens (tertiary/aromatic N) is 1. The van der Waals surface area contributed by atoms with Crippen molar-refractivity contribution in [3.05, 3.63) is 51.8 Å². The number of benzene rings is 1. The molecule has 2 aromatic rings. The van der Waals surface area contributed by atoms with E-state index in [1.54, 1.807) is 16.1 Å². The third-order valence-electron chi connectivity index (χ3n) is 2.61. The zero-order chi connectivity index (χ0) is 13.0. The zero-order valence-corrected chi connectivity index (χ0v) is 11.0. The predicted molar refractivity (Wildman–Crippen MR) is 71.2 cm³/mol. The van der Waals surface area contributed by atoms with Gasteiger partial charge in [0.15, 0.2) is 4.80 Å². The molecule has 0 unspecified atom stereocenters. The third kappa shape index (κ3) is 3.30. The van der Waals surface area contributed by atoms with Crippen molar-refractivity contribution in [3.8, 4) is 0 Å². The summed E-state index contributed by atoms with van der Waals surface area (Å²) < 4.78 is 1.62. The molecule has 4 nitrogen and oxygen atoms in total. The molecule has 1 aromatic heterocycles. The van der Waals surface area contributed by atoms with Gasteiger partial charge in [0.2, 0.25) is 5.91 Å². The SMILES string of the molecule is Cc1ccc(CNC(=O)Cn2ccsc2=N)cc1. The topological polar surface area (TPSA) is 57.9 Å². The maximum atomic E-state index is 11.7. The molecule has 18 heavy (non-hydrogen) atoms. The highest BCUT2D eigenvalue weighted by atomic mass is 32.1. The van der Waals surface area contributed by atoms with Crippen LogP contribution >= 0.6 is 11.3 Å². The largest absolute Gasteiger partial charge is 0.350 e. The van der Waals surface area contributed by atoms with Crippen LogP contribution in [-0.4, -0.2) is 10.5 Å². The Kier molecular flexibility index (Phi) is 3.94. The normalized spacial score (nSPS) is 10.3. The summed E-state index contributed by atoms with van der Waals surface area (Å²) in [5.74, 6) is -0.0764. The summed E-state index contributed by atoms with van der Waals surface area (Å²) in [4.78, 5) is 12.1. The molecule has 0 fully saturated rings. The Hall–Kier alpha value is -1.88. The van der Waals surface area contributed by atoms with Crippen molar-refractivity contribution in [2.45, 2.75) is 20.0 Å². The summed E-state index contributed by atoms with van der Waals surface area (Å²) in [6.07, 6.45) is 1.75. The summed E-state index contributed by atoms with van der Waals surface area (Å²) in [7, 11) is 0. The van der Waals surface area contributed by atoms with Gasteiger partial charge in [-0.05, 0) is 12.5 Å². The fourth-order valence-corrected chi connectivity index (χ4v) is 2.14. The van der Waals surface area contributed by atoms with Crippen LogP contribution < -0.4 is 10.1 Å². The number of nitrogens with one attached hydrogen (secondary N) is 2. The van der Waals surface area contributed by atoms with E-state index in [4.69, 9.17) is 5.41 Å². The first kappa shape index (κ1) is 12.6. The first-order valence-corrected chi connectivity index (χ1v) is 6.54. The lowest BCUT2D eigenvalue weighted by molar-refractivity contribution is -0.121. The molecule has 0 radical (unpaired) electrons. The van der Waals surface area contributed by atoms with Crippen molar-refractivity contribution in [1.82, 2.24) is 9.88 Å². The highest BCUT2D eigenvalue weighted by Gasteiger charge is 2.03. The molecule has 1 aromatic carbocycles. The number of carbonyl (C=O) groups excluding carboxylic acids is 1. The van der Waals surface area contributed by atoms with Crippen molar-refractivity contribution in [2.24, 2.45) is 0 Å². The van der Waals surface area contributed by atoms with Gasteiger partial charge in [-0.1, -0.05) is 29.8 Å². The molecule has 2 rings (SSSR count). The van der Waals surface area contributed by atoms with Gasteiger partial charge in [-0.3, -0.25) is 10.2 Å². The number of aromatic nitrogens is 1. The van der Waals surface area contributed by atoms with Gasteiger partial charge in [0.25, 0.3) is 0 Å². The van der Waals surface area contributed by atoms with E-state index in [1.165, 1.54) is 16.9 Å². The molecule has 2 N–H and O–H groups in total. The molecule has 0 bridgehead atoms. The Morgan fingerprint density at radius 2 is 2.11 bits per heavy atom. The van der Waals surface area contributed by atoms with E-state index in [0.29, 0.717) is 11.3 Å². The Morgan fingerprint density at radius 1 is 1.39 bits per heavy atom. The molecule has 0 aliphatic rings. The first-order chi connectivity index (χ1) is 8.65. The Labute approximate surface area is 109 Å². The average Bonchev–Trinajstić information content (AvgIpc) is 2.74. The van der Waals surface area contributed by atoms with Crippen molar-refractivity contribution in [1.29, 1.82) is 5.41 Å². The van der Waals surface area contributed by atoms with Crippen LogP contribution in [0.1, 0.15) is 11.1 Å². The zero-order valence-electron chi connectivity index (χ0n) is 10.1. The van der Waals surface area contributed by atoms with E-state index < -0.39 is 0 Å². The quantitative estimate of drug-likeness (QED) is 0.864. The Balaban J connectivity index is 1.87. The van der Waals surface area contributed by atoms with Gasteiger partial charge in [-0.2, -0.15) is 0 Å². The van der Waals surface area contributed by atoms with E-state index in [2.05, 4.69) is 5.32 Å². The maximum absolute atomic E-state index is 11.7. The summed E-state index contributed by atoms with van der Waals surface area (Å²) in [5.41, 5.74) is 2.29. The second-order valence-corrected chi connectivity index (χ2v) is 4.99. The maximum Gasteiger partial charge on any atom is 0.240 e. The number of hydrogen-bond acceptors (Lipinski definition) is 3. The van der Waals surface area contributed by atoms with Crippen LogP contribution in [0.25, 0.3) is 0 Å². The summed E-state index contributed by atoms with van der Waals surface area (Å²) in [6, 6.07) is 8.06. The lowest BCUT2D eigenvalue weighted by atomic mass is 10.1. The molecule has 0 atom stereocenters. The lowest BCUT2D eigenvalue weighted by Gasteiger charge is -2.06. The Morgan fingerprint density at radius 3 is 2.72 bits per heavy atom. The summed E-state index contributed by atoms with van der Waals surface area (Å²) in [5, 5.41) is 12.2. The molecule has 0 saturated heterocycles. The molecule has 1 heterocycles. The van der Waals surface area contributed by atoms with E-state index in [1.807, 2.05) is 31.2 Å². The van der Waals surface area contributed by atoms with Gasteiger partial charge < -0.3 is 9.88 Å². The van der Waals surface area contributed by atoms with Crippen molar-refractivity contribution in [3.63, 3.8) is 0 Å². The van der Waals surface area contributed by atoms with Crippen molar-refractivity contribution in [2.75, 3.05) is 0 Å². The standard InChI is InChI=1S/C13H15N3OS/c1-10-2-4-11(5-3-10)8-15-12(17)9-16-6-7-18-13(16)14/h2-7,14H,8-9H2,1H3,(H,15,17). The molecule has 0 aliphatic heterocycles. The van der Waals surface area contributed by atoms with Gasteiger partial charge in [-0.25, -0.2) is 0 Å². The minimum Gasteiger partial charge on any atom is -0.350 e. The third-order valence-corrected chi connectivity index (χ3v) is 3.32. The molecule has 0 saturated carbocycles.